The summed E-state index contributed by atoms with van der Waals surface area (Å²) in [7, 11) is 0. The molecule has 4 nitrogen and oxygen atoms in total. The molecule has 0 aromatic carbocycles. The van der Waals surface area contributed by atoms with E-state index in [2.05, 4.69) is 9.97 Å². The Labute approximate surface area is 127 Å². The van der Waals surface area contributed by atoms with Crippen LogP contribution in [0.5, 0.6) is 0 Å². The quantitative estimate of drug-likeness (QED) is 0.840. The highest BCUT2D eigenvalue weighted by molar-refractivity contribution is 8.93. The lowest BCUT2D eigenvalue weighted by molar-refractivity contribution is 0.281. The molecular formula is C12H16Br2N2O2. The normalized spacial score (nSPS) is 8.11. The second kappa shape index (κ2) is 12.6. The van der Waals surface area contributed by atoms with Crippen LogP contribution in [0.3, 0.4) is 0 Å². The molecule has 0 aliphatic rings. The number of nitrogens with zero attached hydrogens (tertiary/aromatic N) is 2. The third kappa shape index (κ3) is 8.30. The van der Waals surface area contributed by atoms with Crippen molar-refractivity contribution in [1.29, 1.82) is 0 Å². The summed E-state index contributed by atoms with van der Waals surface area (Å²) in [6, 6.07) is 7.25. The average Bonchev–Trinajstić information content (AvgIpc) is 2.41. The first-order chi connectivity index (χ1) is 7.86. The van der Waals surface area contributed by atoms with Gasteiger partial charge in [-0.1, -0.05) is 12.1 Å². The molecule has 0 saturated carbocycles. The van der Waals surface area contributed by atoms with Gasteiger partial charge in [0.1, 0.15) is 0 Å². The zero-order valence-electron chi connectivity index (χ0n) is 9.64. The van der Waals surface area contributed by atoms with Crippen LogP contribution in [0.25, 0.3) is 0 Å². The van der Waals surface area contributed by atoms with Crippen LogP contribution >= 0.6 is 34.0 Å². The van der Waals surface area contributed by atoms with Crippen LogP contribution in [0.4, 0.5) is 0 Å². The van der Waals surface area contributed by atoms with Gasteiger partial charge in [-0.25, -0.2) is 0 Å². The summed E-state index contributed by atoms with van der Waals surface area (Å²) in [5.74, 6) is 0. The minimum absolute atomic E-state index is 0. The van der Waals surface area contributed by atoms with Crippen LogP contribution in [-0.4, -0.2) is 20.2 Å². The molecule has 0 aliphatic heterocycles. The van der Waals surface area contributed by atoms with E-state index in [0.717, 1.165) is 11.1 Å². The van der Waals surface area contributed by atoms with E-state index in [1.807, 2.05) is 12.1 Å². The molecule has 0 atom stereocenters. The van der Waals surface area contributed by atoms with Gasteiger partial charge >= 0.3 is 0 Å². The molecule has 6 heteroatoms. The molecule has 100 valence electrons. The molecule has 0 bridgehead atoms. The van der Waals surface area contributed by atoms with E-state index in [4.69, 9.17) is 10.2 Å². The highest BCUT2D eigenvalue weighted by atomic mass is 79.9. The van der Waals surface area contributed by atoms with Crippen molar-refractivity contribution in [2.45, 2.75) is 13.2 Å². The standard InChI is InChI=1S/2C6H7NO.2BrH/c2*8-5-6-2-1-3-7-4-6;;/h2*1-4,8H,5H2;2*1H. The largest absolute Gasteiger partial charge is 0.392 e. The minimum Gasteiger partial charge on any atom is -0.392 e. The van der Waals surface area contributed by atoms with E-state index >= 15 is 0 Å². The fraction of sp³-hybridized carbons (Fsp3) is 0.167. The van der Waals surface area contributed by atoms with Gasteiger partial charge in [-0.15, -0.1) is 34.0 Å². The Morgan fingerprint density at radius 3 is 1.33 bits per heavy atom. The fourth-order valence-electron chi connectivity index (χ4n) is 0.983. The highest BCUT2D eigenvalue weighted by Gasteiger charge is 1.83. The van der Waals surface area contributed by atoms with Gasteiger partial charge in [0.2, 0.25) is 0 Å². The summed E-state index contributed by atoms with van der Waals surface area (Å²) >= 11 is 0. The summed E-state index contributed by atoms with van der Waals surface area (Å²) < 4.78 is 0. The van der Waals surface area contributed by atoms with E-state index in [-0.39, 0.29) is 47.2 Å². The van der Waals surface area contributed by atoms with Gasteiger partial charge in [-0.05, 0) is 23.3 Å². The van der Waals surface area contributed by atoms with Crippen LogP contribution in [0, 0.1) is 0 Å². The Balaban J connectivity index is 0. The van der Waals surface area contributed by atoms with Crippen LogP contribution in [0.1, 0.15) is 11.1 Å². The molecule has 2 aromatic heterocycles. The lowest BCUT2D eigenvalue weighted by atomic mass is 10.3. The number of aromatic nitrogens is 2. The van der Waals surface area contributed by atoms with Gasteiger partial charge in [-0.3, -0.25) is 9.97 Å². The van der Waals surface area contributed by atoms with Crippen molar-refractivity contribution in [2.75, 3.05) is 0 Å². The topological polar surface area (TPSA) is 66.2 Å². The van der Waals surface area contributed by atoms with Gasteiger partial charge in [0.25, 0.3) is 0 Å². The number of rotatable bonds is 2. The molecule has 0 spiro atoms. The van der Waals surface area contributed by atoms with E-state index < -0.39 is 0 Å². The lowest BCUT2D eigenvalue weighted by Gasteiger charge is -1.88. The van der Waals surface area contributed by atoms with Gasteiger partial charge in [0.15, 0.2) is 0 Å². The van der Waals surface area contributed by atoms with Gasteiger partial charge in [0, 0.05) is 24.8 Å². The molecule has 0 radical (unpaired) electrons. The summed E-state index contributed by atoms with van der Waals surface area (Å²) in [6.07, 6.45) is 6.64. The molecule has 0 unspecified atom stereocenters. The van der Waals surface area contributed by atoms with Crippen molar-refractivity contribution in [3.63, 3.8) is 0 Å². The Hall–Kier alpha value is -0.820. The van der Waals surface area contributed by atoms with Crippen LogP contribution < -0.4 is 0 Å². The summed E-state index contributed by atoms with van der Waals surface area (Å²) in [5, 5.41) is 17.0. The van der Waals surface area contributed by atoms with Crippen molar-refractivity contribution >= 4 is 34.0 Å². The van der Waals surface area contributed by atoms with Crippen LogP contribution in [0.15, 0.2) is 49.1 Å². The third-order valence-corrected chi connectivity index (χ3v) is 1.81. The number of pyridine rings is 2. The first-order valence-electron chi connectivity index (χ1n) is 4.86. The maximum absolute atomic E-state index is 8.50. The molecule has 2 heterocycles. The molecule has 2 aromatic rings. The molecule has 2 N–H and O–H groups in total. The number of aliphatic hydroxyl groups is 2. The maximum atomic E-state index is 8.50. The highest BCUT2D eigenvalue weighted by Crippen LogP contribution is 1.92. The van der Waals surface area contributed by atoms with Crippen molar-refractivity contribution in [3.05, 3.63) is 60.2 Å². The molecule has 0 fully saturated rings. The molecule has 18 heavy (non-hydrogen) atoms. The van der Waals surface area contributed by atoms with E-state index in [1.54, 1.807) is 36.9 Å². The van der Waals surface area contributed by atoms with E-state index in [9.17, 15) is 0 Å². The molecule has 0 amide bonds. The lowest BCUT2D eigenvalue weighted by Crippen LogP contribution is -1.80. The Morgan fingerprint density at radius 2 is 1.17 bits per heavy atom. The predicted octanol–water partition coefficient (Wildman–Crippen LogP) is 2.30. The molecule has 2 rings (SSSR count). The third-order valence-electron chi connectivity index (χ3n) is 1.81. The van der Waals surface area contributed by atoms with Gasteiger partial charge in [-0.2, -0.15) is 0 Å². The molecule has 0 saturated heterocycles. The number of halogens is 2. The smallest absolute Gasteiger partial charge is 0.0696 e. The van der Waals surface area contributed by atoms with Gasteiger partial charge in [0.05, 0.1) is 13.2 Å². The Morgan fingerprint density at radius 1 is 0.778 bits per heavy atom. The average molecular weight is 380 g/mol. The van der Waals surface area contributed by atoms with Crippen LogP contribution in [0.2, 0.25) is 0 Å². The monoisotopic (exact) mass is 378 g/mol. The predicted molar refractivity (Wildman–Crippen MR) is 81.0 cm³/mol. The zero-order chi connectivity index (χ0) is 11.6. The maximum Gasteiger partial charge on any atom is 0.0696 e. The van der Waals surface area contributed by atoms with Gasteiger partial charge < -0.3 is 10.2 Å². The summed E-state index contributed by atoms with van der Waals surface area (Å²) in [6.45, 7) is 0.154. The van der Waals surface area contributed by atoms with E-state index in [1.165, 1.54) is 0 Å². The van der Waals surface area contributed by atoms with E-state index in [0.29, 0.717) is 0 Å². The van der Waals surface area contributed by atoms with Crippen molar-refractivity contribution < 1.29 is 10.2 Å². The minimum atomic E-state index is 0. The van der Waals surface area contributed by atoms with Crippen molar-refractivity contribution in [3.8, 4) is 0 Å². The fourth-order valence-corrected chi connectivity index (χ4v) is 0.983. The first-order valence-corrected chi connectivity index (χ1v) is 4.86. The second-order valence-electron chi connectivity index (χ2n) is 3.04. The second-order valence-corrected chi connectivity index (χ2v) is 3.04. The molecule has 0 aliphatic carbocycles. The van der Waals surface area contributed by atoms with Crippen LogP contribution in [-0.2, 0) is 13.2 Å². The zero-order valence-corrected chi connectivity index (χ0v) is 13.1. The Kier molecular flexibility index (Phi) is 13.7. The number of hydrogen-bond donors (Lipinski definition) is 2. The first kappa shape index (κ1) is 19.5. The van der Waals surface area contributed by atoms with Crippen molar-refractivity contribution in [2.24, 2.45) is 0 Å². The SMILES string of the molecule is Br.Br.OCc1cccnc1.OCc1cccnc1. The molecular weight excluding hydrogens is 364 g/mol. The summed E-state index contributed by atoms with van der Waals surface area (Å²) in [4.78, 5) is 7.59. The number of aliphatic hydroxyl groups excluding tert-OH is 2. The number of hydrogen-bond acceptors (Lipinski definition) is 4. The summed E-state index contributed by atoms with van der Waals surface area (Å²) in [5.41, 5.74) is 1.71. The van der Waals surface area contributed by atoms with Crippen molar-refractivity contribution in [1.82, 2.24) is 9.97 Å². The Bertz CT molecular complexity index is 348.